The zero-order chi connectivity index (χ0) is 12.7. The molecular formula is C11H12ClF2NO2. The van der Waals surface area contributed by atoms with E-state index in [1.165, 1.54) is 6.07 Å². The van der Waals surface area contributed by atoms with E-state index in [-0.39, 0.29) is 17.5 Å². The molecule has 1 N–H and O–H groups in total. The minimum atomic E-state index is -2.85. The molecule has 0 unspecified atom stereocenters. The lowest BCUT2D eigenvalue weighted by molar-refractivity contribution is -0.118. The van der Waals surface area contributed by atoms with Gasteiger partial charge in [0.2, 0.25) is 5.91 Å². The van der Waals surface area contributed by atoms with Crippen LogP contribution < -0.4 is 10.1 Å². The summed E-state index contributed by atoms with van der Waals surface area (Å²) in [7, 11) is 0. The molecule has 1 rings (SSSR count). The van der Waals surface area contributed by atoms with E-state index in [0.29, 0.717) is 18.5 Å². The van der Waals surface area contributed by atoms with Gasteiger partial charge in [-0.2, -0.15) is 8.78 Å². The van der Waals surface area contributed by atoms with Gasteiger partial charge in [0.1, 0.15) is 11.6 Å². The molecule has 94 valence electrons. The molecule has 0 bridgehead atoms. The Balaban J connectivity index is 2.54. The maximum absolute atomic E-state index is 12.1. The van der Waals surface area contributed by atoms with Gasteiger partial charge in [0.05, 0.1) is 0 Å². The molecule has 0 fully saturated rings. The van der Waals surface area contributed by atoms with E-state index < -0.39 is 6.61 Å². The highest BCUT2D eigenvalue weighted by atomic mass is 35.5. The Labute approximate surface area is 103 Å². The van der Waals surface area contributed by atoms with Crippen LogP contribution in [0.5, 0.6) is 5.75 Å². The third kappa shape index (κ3) is 4.99. The number of para-hydroxylation sites is 1. The third-order valence-corrected chi connectivity index (χ3v) is 2.27. The van der Waals surface area contributed by atoms with Gasteiger partial charge in [0, 0.05) is 6.54 Å². The van der Waals surface area contributed by atoms with E-state index in [9.17, 15) is 13.6 Å². The lowest BCUT2D eigenvalue weighted by atomic mass is 10.1. The Morgan fingerprint density at radius 3 is 2.76 bits per heavy atom. The van der Waals surface area contributed by atoms with Gasteiger partial charge in [0.15, 0.2) is 0 Å². The van der Waals surface area contributed by atoms with Crippen molar-refractivity contribution in [2.45, 2.75) is 13.0 Å². The molecule has 0 aliphatic heterocycles. The van der Waals surface area contributed by atoms with Crippen molar-refractivity contribution in [3.63, 3.8) is 0 Å². The average molecular weight is 264 g/mol. The first-order chi connectivity index (χ1) is 8.13. The summed E-state index contributed by atoms with van der Waals surface area (Å²) in [6, 6.07) is 6.46. The molecule has 1 aromatic carbocycles. The fourth-order valence-corrected chi connectivity index (χ4v) is 1.40. The van der Waals surface area contributed by atoms with E-state index in [0.717, 1.165) is 0 Å². The summed E-state index contributed by atoms with van der Waals surface area (Å²) >= 11 is 5.30. The van der Waals surface area contributed by atoms with Crippen molar-refractivity contribution < 1.29 is 18.3 Å². The number of alkyl halides is 3. The molecule has 3 nitrogen and oxygen atoms in total. The molecule has 0 spiro atoms. The quantitative estimate of drug-likeness (QED) is 0.799. The molecule has 0 radical (unpaired) electrons. The van der Waals surface area contributed by atoms with E-state index in [1.807, 2.05) is 0 Å². The number of amides is 1. The van der Waals surface area contributed by atoms with Crippen molar-refractivity contribution in [2.24, 2.45) is 0 Å². The Kier molecular flexibility index (Phi) is 5.69. The predicted molar refractivity (Wildman–Crippen MR) is 60.5 cm³/mol. The zero-order valence-electron chi connectivity index (χ0n) is 8.96. The van der Waals surface area contributed by atoms with Crippen LogP contribution >= 0.6 is 11.6 Å². The van der Waals surface area contributed by atoms with Gasteiger partial charge in [0.25, 0.3) is 0 Å². The zero-order valence-corrected chi connectivity index (χ0v) is 9.71. The number of rotatable bonds is 6. The smallest absolute Gasteiger partial charge is 0.387 e. The molecule has 0 aliphatic rings. The van der Waals surface area contributed by atoms with Crippen LogP contribution in [0.25, 0.3) is 0 Å². The minimum absolute atomic E-state index is 0.116. The maximum Gasteiger partial charge on any atom is 0.387 e. The Morgan fingerprint density at radius 1 is 1.41 bits per heavy atom. The van der Waals surface area contributed by atoms with Crippen LogP contribution in [0.4, 0.5) is 8.78 Å². The summed E-state index contributed by atoms with van der Waals surface area (Å²) in [6.45, 7) is -2.52. The average Bonchev–Trinajstić information content (AvgIpc) is 2.30. The predicted octanol–water partition coefficient (Wildman–Crippen LogP) is 2.19. The fourth-order valence-electron chi connectivity index (χ4n) is 1.31. The standard InChI is InChI=1S/C11H12ClF2NO2/c12-7-10(16)15-6-5-8-3-1-2-4-9(8)17-11(13)14/h1-4,11H,5-7H2,(H,15,16). The van der Waals surface area contributed by atoms with Crippen molar-refractivity contribution in [3.8, 4) is 5.75 Å². The summed E-state index contributed by atoms with van der Waals surface area (Å²) in [5.74, 6) is -0.281. The normalized spacial score (nSPS) is 10.4. The van der Waals surface area contributed by atoms with Gasteiger partial charge in [-0.05, 0) is 18.1 Å². The highest BCUT2D eigenvalue weighted by molar-refractivity contribution is 6.27. The fraction of sp³-hybridized carbons (Fsp3) is 0.364. The van der Waals surface area contributed by atoms with Gasteiger partial charge >= 0.3 is 6.61 Å². The van der Waals surface area contributed by atoms with Crippen LogP contribution in [-0.4, -0.2) is 24.9 Å². The number of halogens is 3. The minimum Gasteiger partial charge on any atom is -0.435 e. The lowest BCUT2D eigenvalue weighted by Gasteiger charge is -2.10. The molecule has 0 saturated heterocycles. The maximum atomic E-state index is 12.1. The number of carbonyl (C=O) groups is 1. The van der Waals surface area contributed by atoms with Gasteiger partial charge in [-0.15, -0.1) is 11.6 Å². The highest BCUT2D eigenvalue weighted by Crippen LogP contribution is 2.20. The topological polar surface area (TPSA) is 38.3 Å². The largest absolute Gasteiger partial charge is 0.435 e. The Hall–Kier alpha value is -1.36. The number of carbonyl (C=O) groups excluding carboxylic acids is 1. The van der Waals surface area contributed by atoms with Crippen LogP contribution in [0.3, 0.4) is 0 Å². The molecule has 0 heterocycles. The monoisotopic (exact) mass is 263 g/mol. The number of hydrogen-bond donors (Lipinski definition) is 1. The van der Waals surface area contributed by atoms with Crippen molar-refractivity contribution in [1.29, 1.82) is 0 Å². The summed E-state index contributed by atoms with van der Waals surface area (Å²) in [5.41, 5.74) is 0.614. The van der Waals surface area contributed by atoms with Crippen LogP contribution in [0.15, 0.2) is 24.3 Å². The molecule has 0 aromatic heterocycles. The van der Waals surface area contributed by atoms with Crippen LogP contribution in [0.1, 0.15) is 5.56 Å². The molecule has 1 aromatic rings. The SMILES string of the molecule is O=C(CCl)NCCc1ccccc1OC(F)F. The van der Waals surface area contributed by atoms with Crippen LogP contribution in [0, 0.1) is 0 Å². The molecular weight excluding hydrogens is 252 g/mol. The van der Waals surface area contributed by atoms with E-state index in [2.05, 4.69) is 10.1 Å². The van der Waals surface area contributed by atoms with E-state index in [4.69, 9.17) is 11.6 Å². The Morgan fingerprint density at radius 2 is 2.12 bits per heavy atom. The molecule has 1 amide bonds. The number of nitrogens with one attached hydrogen (secondary N) is 1. The number of ether oxygens (including phenoxy) is 1. The lowest BCUT2D eigenvalue weighted by Crippen LogP contribution is -2.26. The van der Waals surface area contributed by atoms with Gasteiger partial charge in [-0.25, -0.2) is 0 Å². The second kappa shape index (κ2) is 7.06. The second-order valence-corrected chi connectivity index (χ2v) is 3.49. The molecule has 6 heteroatoms. The third-order valence-electron chi connectivity index (χ3n) is 2.03. The highest BCUT2D eigenvalue weighted by Gasteiger charge is 2.08. The first-order valence-corrected chi connectivity index (χ1v) is 5.52. The van der Waals surface area contributed by atoms with Crippen LogP contribution in [-0.2, 0) is 11.2 Å². The second-order valence-electron chi connectivity index (χ2n) is 3.22. The van der Waals surface area contributed by atoms with Crippen LogP contribution in [0.2, 0.25) is 0 Å². The van der Waals surface area contributed by atoms with Gasteiger partial charge in [-0.1, -0.05) is 18.2 Å². The van der Waals surface area contributed by atoms with Gasteiger partial charge < -0.3 is 10.1 Å². The van der Waals surface area contributed by atoms with Crippen molar-refractivity contribution in [1.82, 2.24) is 5.32 Å². The van der Waals surface area contributed by atoms with Crippen molar-refractivity contribution >= 4 is 17.5 Å². The molecule has 0 aliphatic carbocycles. The number of hydrogen-bond acceptors (Lipinski definition) is 2. The summed E-state index contributed by atoms with van der Waals surface area (Å²) < 4.78 is 28.5. The van der Waals surface area contributed by atoms with Gasteiger partial charge in [-0.3, -0.25) is 4.79 Å². The van der Waals surface area contributed by atoms with Crippen molar-refractivity contribution in [3.05, 3.63) is 29.8 Å². The molecule has 17 heavy (non-hydrogen) atoms. The first-order valence-electron chi connectivity index (χ1n) is 4.99. The first kappa shape index (κ1) is 13.7. The van der Waals surface area contributed by atoms with E-state index >= 15 is 0 Å². The van der Waals surface area contributed by atoms with E-state index in [1.54, 1.807) is 18.2 Å². The summed E-state index contributed by atoms with van der Waals surface area (Å²) in [5, 5.41) is 2.55. The number of benzene rings is 1. The molecule has 0 atom stereocenters. The summed E-state index contributed by atoms with van der Waals surface area (Å²) in [4.78, 5) is 10.9. The Bertz CT molecular complexity index is 374. The molecule has 0 saturated carbocycles. The summed E-state index contributed by atoms with van der Waals surface area (Å²) in [6.07, 6.45) is 0.408. The van der Waals surface area contributed by atoms with Crippen molar-refractivity contribution in [2.75, 3.05) is 12.4 Å².